The highest BCUT2D eigenvalue weighted by molar-refractivity contribution is 5.99. The van der Waals surface area contributed by atoms with Gasteiger partial charge >= 0.3 is 5.97 Å². The summed E-state index contributed by atoms with van der Waals surface area (Å²) in [6, 6.07) is 17.1. The van der Waals surface area contributed by atoms with E-state index in [4.69, 9.17) is 9.47 Å². The Balaban J connectivity index is 1.40. The number of nitrogens with zero attached hydrogens (tertiary/aromatic N) is 2. The van der Waals surface area contributed by atoms with Crippen LogP contribution >= 0.6 is 0 Å². The van der Waals surface area contributed by atoms with E-state index in [1.165, 1.54) is 4.90 Å². The summed E-state index contributed by atoms with van der Waals surface area (Å²) < 4.78 is 12.8. The first-order chi connectivity index (χ1) is 21.3. The predicted octanol–water partition coefficient (Wildman–Crippen LogP) is 2.30. The van der Waals surface area contributed by atoms with Gasteiger partial charge in [-0.3, -0.25) is 19.2 Å². The maximum Gasteiger partial charge on any atom is 0.313 e. The van der Waals surface area contributed by atoms with Crippen molar-refractivity contribution in [1.82, 2.24) is 15.1 Å². The smallest absolute Gasteiger partial charge is 0.313 e. The molecule has 2 aromatic carbocycles. The van der Waals surface area contributed by atoms with Crippen molar-refractivity contribution in [2.24, 2.45) is 11.8 Å². The van der Waals surface area contributed by atoms with Gasteiger partial charge in [0.05, 0.1) is 24.7 Å². The molecule has 230 valence electrons. The molecule has 10 nitrogen and oxygen atoms in total. The number of hydrogen-bond donors (Lipinski definition) is 2. The number of cyclic esters (lactones) is 1. The topological polar surface area (TPSA) is 125 Å². The second kappa shape index (κ2) is 12.4. The lowest BCUT2D eigenvalue weighted by Crippen LogP contribution is -2.55. The van der Waals surface area contributed by atoms with Crippen LogP contribution in [0, 0.1) is 11.8 Å². The van der Waals surface area contributed by atoms with E-state index in [-0.39, 0.29) is 31.4 Å². The highest BCUT2D eigenvalue weighted by Crippen LogP contribution is 2.53. The predicted molar refractivity (Wildman–Crippen MR) is 159 cm³/mol. The van der Waals surface area contributed by atoms with Crippen LogP contribution in [0.3, 0.4) is 0 Å². The molecular formula is C34H37N3O7. The van der Waals surface area contributed by atoms with Gasteiger partial charge in [-0.25, -0.2) is 0 Å². The first-order valence-electron chi connectivity index (χ1n) is 15.1. The minimum atomic E-state index is -1.45. The summed E-state index contributed by atoms with van der Waals surface area (Å²) in [5.41, 5.74) is 0.185. The summed E-state index contributed by atoms with van der Waals surface area (Å²) in [4.78, 5) is 58.5. The monoisotopic (exact) mass is 599 g/mol. The van der Waals surface area contributed by atoms with Gasteiger partial charge in [0.1, 0.15) is 23.7 Å². The van der Waals surface area contributed by atoms with Gasteiger partial charge in [0, 0.05) is 26.1 Å². The number of rotatable bonds is 5. The molecule has 0 radical (unpaired) electrons. The van der Waals surface area contributed by atoms with E-state index in [1.807, 2.05) is 66.7 Å². The minimum absolute atomic E-state index is 0.0815. The zero-order chi connectivity index (χ0) is 30.8. The number of allylic oxidation sites excluding steroid dienone is 1. The molecule has 44 heavy (non-hydrogen) atoms. The molecule has 0 unspecified atom stereocenters. The van der Waals surface area contributed by atoms with Crippen LogP contribution in [0.15, 0.2) is 85.0 Å². The molecule has 2 saturated heterocycles. The normalized spacial score (nSPS) is 32.9. The first-order valence-corrected chi connectivity index (χ1v) is 15.1. The van der Waals surface area contributed by atoms with E-state index in [2.05, 4.69) is 5.32 Å². The van der Waals surface area contributed by atoms with E-state index in [0.29, 0.717) is 25.1 Å². The van der Waals surface area contributed by atoms with Crippen LogP contribution in [0.5, 0.6) is 0 Å². The summed E-state index contributed by atoms with van der Waals surface area (Å²) in [5, 5.41) is 12.9. The largest absolute Gasteiger partial charge is 0.455 e. The van der Waals surface area contributed by atoms with Crippen molar-refractivity contribution in [1.29, 1.82) is 0 Å². The molecule has 4 aliphatic heterocycles. The summed E-state index contributed by atoms with van der Waals surface area (Å²) in [5.74, 6) is -3.69. The quantitative estimate of drug-likeness (QED) is 0.399. The summed E-state index contributed by atoms with van der Waals surface area (Å²) in [6.45, 7) is 1.96. The number of ether oxygens (including phenoxy) is 2. The Hall–Kier alpha value is -4.28. The average Bonchev–Trinajstić information content (AvgIpc) is 3.41. The van der Waals surface area contributed by atoms with Gasteiger partial charge in [-0.2, -0.15) is 0 Å². The number of nitrogens with one attached hydrogen (secondary N) is 1. The molecule has 3 amide bonds. The third kappa shape index (κ3) is 5.33. The van der Waals surface area contributed by atoms with E-state index in [0.717, 1.165) is 5.56 Å². The Morgan fingerprint density at radius 2 is 1.70 bits per heavy atom. The number of carbonyl (C=O) groups excluding carboxylic acids is 4. The molecule has 1 spiro atoms. The van der Waals surface area contributed by atoms with Gasteiger partial charge in [0.25, 0.3) is 0 Å². The number of esters is 1. The van der Waals surface area contributed by atoms with Gasteiger partial charge in [-0.05, 0) is 24.5 Å². The van der Waals surface area contributed by atoms with Gasteiger partial charge in [0.2, 0.25) is 17.7 Å². The van der Waals surface area contributed by atoms with E-state index >= 15 is 0 Å². The Bertz CT molecular complexity index is 1460. The van der Waals surface area contributed by atoms with Crippen LogP contribution in [-0.2, 0) is 35.2 Å². The lowest BCUT2D eigenvalue weighted by atomic mass is 9.77. The van der Waals surface area contributed by atoms with Crippen molar-refractivity contribution in [2.45, 2.75) is 56.2 Å². The molecular weight excluding hydrogens is 562 g/mol. The molecule has 0 aromatic heterocycles. The minimum Gasteiger partial charge on any atom is -0.455 e. The van der Waals surface area contributed by atoms with Gasteiger partial charge in [0.15, 0.2) is 0 Å². The molecule has 0 aliphatic carbocycles. The van der Waals surface area contributed by atoms with E-state index < -0.39 is 53.6 Å². The molecule has 0 saturated carbocycles. The molecule has 2 N–H and O–H groups in total. The van der Waals surface area contributed by atoms with Crippen molar-refractivity contribution in [3.63, 3.8) is 0 Å². The molecule has 10 heteroatoms. The number of fused-ring (bicyclic) bond motifs is 2. The Morgan fingerprint density at radius 1 is 0.977 bits per heavy atom. The summed E-state index contributed by atoms with van der Waals surface area (Å²) in [6.07, 6.45) is 6.00. The van der Waals surface area contributed by atoms with Crippen LogP contribution < -0.4 is 5.32 Å². The van der Waals surface area contributed by atoms with Crippen molar-refractivity contribution in [3.8, 4) is 0 Å². The molecule has 0 bridgehead atoms. The standard InChI is InChI=1S/C34H37N3O7/c1-22-29(24-13-6-3-7-14-24)43-33(42)27-25(15-8-9-16-26(39)35-22)44-34-17-10-18-36(21-23-11-4-2-5-12-23)32(41)30(34)37(19-20-38)31(40)28(27)34/h2-8,10-15,17,22,25,27-30,38H,9,16,18-21H2,1H3,(H,35,39)/b15-8-/t22-,25-,27+,28+,29+,30-,34+/m0/s1. The fourth-order valence-electron chi connectivity index (χ4n) is 7.04. The number of amides is 3. The second-order valence-corrected chi connectivity index (χ2v) is 11.8. The zero-order valence-corrected chi connectivity index (χ0v) is 24.6. The number of hydrogen-bond acceptors (Lipinski definition) is 7. The Kier molecular flexibility index (Phi) is 8.38. The van der Waals surface area contributed by atoms with Crippen molar-refractivity contribution < 1.29 is 33.8 Å². The highest BCUT2D eigenvalue weighted by atomic mass is 16.6. The number of aliphatic hydroxyl groups excluding tert-OH is 1. The second-order valence-electron chi connectivity index (χ2n) is 11.8. The van der Waals surface area contributed by atoms with Gasteiger partial charge in [-0.1, -0.05) is 85.0 Å². The number of benzene rings is 2. The molecule has 4 heterocycles. The zero-order valence-electron chi connectivity index (χ0n) is 24.6. The number of carbonyl (C=O) groups is 4. The summed E-state index contributed by atoms with van der Waals surface area (Å²) >= 11 is 0. The lowest BCUT2D eigenvalue weighted by Gasteiger charge is -2.35. The molecule has 2 fully saturated rings. The molecule has 2 aromatic rings. The van der Waals surface area contributed by atoms with Crippen LogP contribution in [0.2, 0.25) is 0 Å². The maximum absolute atomic E-state index is 14.3. The Morgan fingerprint density at radius 3 is 2.43 bits per heavy atom. The van der Waals surface area contributed by atoms with Crippen LogP contribution in [0.1, 0.15) is 37.0 Å². The van der Waals surface area contributed by atoms with E-state index in [1.54, 1.807) is 30.1 Å². The van der Waals surface area contributed by atoms with Crippen molar-refractivity contribution in [3.05, 3.63) is 96.1 Å². The third-order valence-corrected chi connectivity index (χ3v) is 8.98. The number of aliphatic hydroxyl groups is 1. The highest BCUT2D eigenvalue weighted by Gasteiger charge is 2.71. The van der Waals surface area contributed by atoms with Crippen molar-refractivity contribution >= 4 is 23.7 Å². The Labute approximate surface area is 256 Å². The van der Waals surface area contributed by atoms with Crippen LogP contribution in [-0.4, -0.2) is 82.1 Å². The molecule has 6 rings (SSSR count). The molecule has 4 aliphatic rings. The van der Waals surface area contributed by atoms with Crippen LogP contribution in [0.4, 0.5) is 0 Å². The van der Waals surface area contributed by atoms with Crippen LogP contribution in [0.25, 0.3) is 0 Å². The number of β-amino-alcohol motifs (C(OH)–C–C–N with tert-alkyl or cyclic N) is 1. The number of likely N-dealkylation sites (tertiary alicyclic amines) is 1. The van der Waals surface area contributed by atoms with Crippen molar-refractivity contribution in [2.75, 3.05) is 19.7 Å². The van der Waals surface area contributed by atoms with Gasteiger partial charge < -0.3 is 29.7 Å². The third-order valence-electron chi connectivity index (χ3n) is 8.98. The summed E-state index contributed by atoms with van der Waals surface area (Å²) in [7, 11) is 0. The maximum atomic E-state index is 14.3. The fourth-order valence-corrected chi connectivity index (χ4v) is 7.04. The lowest BCUT2D eigenvalue weighted by molar-refractivity contribution is -0.161. The fraction of sp³-hybridized carbons (Fsp3) is 0.412. The first kappa shape index (κ1) is 29.8. The SMILES string of the molecule is C[C@@H]1NC(=O)CC/C=C\[C@@H]2O[C@@]34C=CCN(Cc5ccccc5)C(=O)[C@@H]3N(CCO)C(=O)[C@H]4[C@@H]2C(=O)O[C@H]1c1ccccc1. The molecule has 7 atom stereocenters. The van der Waals surface area contributed by atoms with Gasteiger partial charge in [-0.15, -0.1) is 0 Å². The average molecular weight is 600 g/mol. The van der Waals surface area contributed by atoms with E-state index in [9.17, 15) is 24.3 Å².